The van der Waals surface area contributed by atoms with Gasteiger partial charge in [0.05, 0.1) is 10.8 Å². The van der Waals surface area contributed by atoms with Gasteiger partial charge in [-0.25, -0.2) is 0 Å². The van der Waals surface area contributed by atoms with Crippen molar-refractivity contribution in [2.75, 3.05) is 0 Å². The van der Waals surface area contributed by atoms with Gasteiger partial charge in [-0.1, -0.05) is 59.3 Å². The fraction of sp³-hybridized carbons (Fsp3) is 0.889. The van der Waals surface area contributed by atoms with Gasteiger partial charge in [-0.05, 0) is 31.6 Å². The summed E-state index contributed by atoms with van der Waals surface area (Å²) in [5.41, 5.74) is -2.20. The number of rotatable bonds is 9. The van der Waals surface area contributed by atoms with Crippen molar-refractivity contribution >= 4 is 11.9 Å². The van der Waals surface area contributed by atoms with Gasteiger partial charge in [-0.15, -0.1) is 0 Å². The second-order valence-electron chi connectivity index (χ2n) is 6.96. The highest BCUT2D eigenvalue weighted by Gasteiger charge is 2.61. The summed E-state index contributed by atoms with van der Waals surface area (Å²) >= 11 is 0. The number of carboxylic acid groups (broad SMARTS) is 2. The van der Waals surface area contributed by atoms with Crippen molar-refractivity contribution in [3.8, 4) is 0 Å². The third-order valence-corrected chi connectivity index (χ3v) is 5.98. The molecule has 3 atom stereocenters. The van der Waals surface area contributed by atoms with E-state index in [0.29, 0.717) is 31.6 Å². The number of carboxylic acids is 2. The highest BCUT2D eigenvalue weighted by Crippen LogP contribution is 2.57. The lowest BCUT2D eigenvalue weighted by Gasteiger charge is -2.49. The molecule has 4 heteroatoms. The molecular weight excluding hydrogens is 280 g/mol. The predicted octanol–water partition coefficient (Wildman–Crippen LogP) is 4.72. The van der Waals surface area contributed by atoms with Gasteiger partial charge in [0.15, 0.2) is 0 Å². The van der Waals surface area contributed by atoms with Crippen molar-refractivity contribution < 1.29 is 19.8 Å². The third-order valence-electron chi connectivity index (χ3n) is 5.98. The van der Waals surface area contributed by atoms with E-state index in [1.165, 1.54) is 0 Å². The molecule has 1 aliphatic rings. The summed E-state index contributed by atoms with van der Waals surface area (Å²) in [6, 6.07) is 0. The van der Waals surface area contributed by atoms with Crippen LogP contribution >= 0.6 is 0 Å². The Kier molecular flexibility index (Phi) is 6.89. The van der Waals surface area contributed by atoms with E-state index in [4.69, 9.17) is 0 Å². The van der Waals surface area contributed by atoms with E-state index in [1.54, 1.807) is 0 Å². The lowest BCUT2D eigenvalue weighted by Crippen LogP contribution is -2.55. The number of hydrogen-bond donors (Lipinski definition) is 2. The van der Waals surface area contributed by atoms with Crippen LogP contribution in [-0.2, 0) is 9.59 Å². The van der Waals surface area contributed by atoms with Crippen LogP contribution in [0, 0.1) is 16.7 Å². The summed E-state index contributed by atoms with van der Waals surface area (Å²) in [4.78, 5) is 24.3. The fourth-order valence-electron chi connectivity index (χ4n) is 4.44. The first kappa shape index (κ1) is 19.0. The van der Waals surface area contributed by atoms with Gasteiger partial charge < -0.3 is 10.2 Å². The highest BCUT2D eigenvalue weighted by atomic mass is 16.4. The van der Waals surface area contributed by atoms with Crippen LogP contribution in [0.25, 0.3) is 0 Å². The summed E-state index contributed by atoms with van der Waals surface area (Å²) in [5.74, 6) is -1.51. The first-order chi connectivity index (χ1) is 10.4. The molecule has 0 aromatic heterocycles. The molecule has 0 aromatic rings. The lowest BCUT2D eigenvalue weighted by molar-refractivity contribution is -0.183. The second kappa shape index (κ2) is 7.98. The number of hydrogen-bond acceptors (Lipinski definition) is 2. The Morgan fingerprint density at radius 3 is 1.95 bits per heavy atom. The number of carbonyl (C=O) groups is 2. The summed E-state index contributed by atoms with van der Waals surface area (Å²) in [6.07, 6.45) is 7.66. The molecule has 4 nitrogen and oxygen atoms in total. The first-order valence-electron chi connectivity index (χ1n) is 8.87. The molecule has 0 aliphatic heterocycles. The summed E-state index contributed by atoms with van der Waals surface area (Å²) in [5, 5.41) is 19.9. The average molecular weight is 312 g/mol. The molecule has 3 unspecified atom stereocenters. The summed E-state index contributed by atoms with van der Waals surface area (Å²) in [6.45, 7) is 6.06. The molecule has 0 saturated heterocycles. The minimum Gasteiger partial charge on any atom is -0.481 e. The molecular formula is C18H32O4. The van der Waals surface area contributed by atoms with Crippen LogP contribution in [0.4, 0.5) is 0 Å². The van der Waals surface area contributed by atoms with Crippen molar-refractivity contribution in [1.29, 1.82) is 0 Å². The molecule has 1 aliphatic carbocycles. The Labute approximate surface area is 134 Å². The molecule has 1 rings (SSSR count). The zero-order valence-corrected chi connectivity index (χ0v) is 14.4. The molecule has 0 amide bonds. The van der Waals surface area contributed by atoms with Gasteiger partial charge in [0, 0.05) is 0 Å². The molecule has 128 valence electrons. The van der Waals surface area contributed by atoms with Gasteiger partial charge in [0.1, 0.15) is 0 Å². The van der Waals surface area contributed by atoms with Crippen LogP contribution in [0.1, 0.15) is 85.0 Å². The zero-order chi connectivity index (χ0) is 16.8. The van der Waals surface area contributed by atoms with Crippen LogP contribution in [0.3, 0.4) is 0 Å². The summed E-state index contributed by atoms with van der Waals surface area (Å²) in [7, 11) is 0. The standard InChI is InChI=1S/C18H32O4/c1-4-7-10-14(5-2)13-18(16(21)22)12-9-8-11-17(18,6-3)15(19)20/h14H,4-13H2,1-3H3,(H,19,20)(H,21,22). The first-order valence-corrected chi connectivity index (χ1v) is 8.87. The van der Waals surface area contributed by atoms with Crippen molar-refractivity contribution in [3.05, 3.63) is 0 Å². The van der Waals surface area contributed by atoms with E-state index in [-0.39, 0.29) is 0 Å². The lowest BCUT2D eigenvalue weighted by atomic mass is 9.51. The highest BCUT2D eigenvalue weighted by molar-refractivity contribution is 5.87. The SMILES string of the molecule is CCCCC(CC)CC1(C(=O)O)CCCCC1(CC)C(=O)O. The van der Waals surface area contributed by atoms with E-state index >= 15 is 0 Å². The molecule has 1 saturated carbocycles. The van der Waals surface area contributed by atoms with E-state index < -0.39 is 22.8 Å². The normalized spacial score (nSPS) is 30.0. The predicted molar refractivity (Wildman–Crippen MR) is 86.8 cm³/mol. The monoisotopic (exact) mass is 312 g/mol. The molecule has 0 aromatic carbocycles. The van der Waals surface area contributed by atoms with Gasteiger partial charge in [-0.3, -0.25) is 9.59 Å². The van der Waals surface area contributed by atoms with E-state index in [1.807, 2.05) is 6.92 Å². The molecule has 0 heterocycles. The maximum Gasteiger partial charge on any atom is 0.310 e. The number of aliphatic carboxylic acids is 2. The molecule has 1 fully saturated rings. The van der Waals surface area contributed by atoms with Crippen molar-refractivity contribution in [3.63, 3.8) is 0 Å². The number of unbranched alkanes of at least 4 members (excludes halogenated alkanes) is 1. The summed E-state index contributed by atoms with van der Waals surface area (Å²) < 4.78 is 0. The Hall–Kier alpha value is -1.06. The maximum absolute atomic E-state index is 12.2. The van der Waals surface area contributed by atoms with Gasteiger partial charge in [0.25, 0.3) is 0 Å². The van der Waals surface area contributed by atoms with E-state index in [9.17, 15) is 19.8 Å². The molecule has 22 heavy (non-hydrogen) atoms. The molecule has 0 radical (unpaired) electrons. The Morgan fingerprint density at radius 1 is 1.00 bits per heavy atom. The van der Waals surface area contributed by atoms with Crippen LogP contribution in [0.2, 0.25) is 0 Å². The Morgan fingerprint density at radius 2 is 1.55 bits per heavy atom. The Bertz CT molecular complexity index is 393. The van der Waals surface area contributed by atoms with Crippen LogP contribution in [0.5, 0.6) is 0 Å². The zero-order valence-electron chi connectivity index (χ0n) is 14.4. The van der Waals surface area contributed by atoms with Crippen LogP contribution < -0.4 is 0 Å². The van der Waals surface area contributed by atoms with Crippen molar-refractivity contribution in [1.82, 2.24) is 0 Å². The van der Waals surface area contributed by atoms with Crippen molar-refractivity contribution in [2.45, 2.75) is 85.0 Å². The fourth-order valence-corrected chi connectivity index (χ4v) is 4.44. The largest absolute Gasteiger partial charge is 0.481 e. The van der Waals surface area contributed by atoms with Gasteiger partial charge in [-0.2, -0.15) is 0 Å². The van der Waals surface area contributed by atoms with E-state index in [0.717, 1.165) is 38.5 Å². The van der Waals surface area contributed by atoms with Crippen molar-refractivity contribution in [2.24, 2.45) is 16.7 Å². The molecule has 0 bridgehead atoms. The minimum atomic E-state index is -1.10. The Balaban J connectivity index is 3.20. The van der Waals surface area contributed by atoms with Gasteiger partial charge in [0.2, 0.25) is 0 Å². The van der Waals surface area contributed by atoms with Crippen LogP contribution in [-0.4, -0.2) is 22.2 Å². The van der Waals surface area contributed by atoms with Crippen LogP contribution in [0.15, 0.2) is 0 Å². The third kappa shape index (κ3) is 3.31. The topological polar surface area (TPSA) is 74.6 Å². The molecule has 2 N–H and O–H groups in total. The smallest absolute Gasteiger partial charge is 0.310 e. The maximum atomic E-state index is 12.2. The molecule has 0 spiro atoms. The van der Waals surface area contributed by atoms with Gasteiger partial charge >= 0.3 is 11.9 Å². The minimum absolute atomic E-state index is 0.305. The second-order valence-corrected chi connectivity index (χ2v) is 6.96. The van der Waals surface area contributed by atoms with E-state index in [2.05, 4.69) is 13.8 Å². The quantitative estimate of drug-likeness (QED) is 0.646. The average Bonchev–Trinajstić information content (AvgIpc) is 2.51.